The third kappa shape index (κ3) is 26.0. The lowest BCUT2D eigenvalue weighted by molar-refractivity contribution is 0.304. The molecule has 0 saturated carbocycles. The van der Waals surface area contributed by atoms with Crippen molar-refractivity contribution in [2.45, 2.75) is 130 Å². The molecule has 10 aliphatic heterocycles. The lowest BCUT2D eigenvalue weighted by Crippen LogP contribution is -2.27. The van der Waals surface area contributed by atoms with Crippen LogP contribution >= 0.6 is 0 Å². The Labute approximate surface area is 653 Å². The molecule has 0 bridgehead atoms. The van der Waals surface area contributed by atoms with Crippen molar-refractivity contribution < 1.29 is 0 Å². The first-order valence-electron chi connectivity index (χ1n) is 39.1. The number of aromatic nitrogens is 14. The van der Waals surface area contributed by atoms with Gasteiger partial charge in [0, 0.05) is 242 Å². The Hall–Kier alpha value is -9.18. The predicted octanol–water partition coefficient (Wildman–Crippen LogP) is 8.28. The molecule has 0 fully saturated rings. The zero-order valence-electron chi connectivity index (χ0n) is 67.0. The van der Waals surface area contributed by atoms with Crippen molar-refractivity contribution in [1.29, 1.82) is 0 Å². The maximum Gasteiger partial charge on any atom is 0.115 e. The van der Waals surface area contributed by atoms with Crippen LogP contribution in [0.5, 0.6) is 0 Å². The molecule has 0 saturated heterocycles. The van der Waals surface area contributed by atoms with Crippen LogP contribution < -0.4 is 0 Å². The average molecular weight is 1490 g/mol. The maximum atomic E-state index is 4.33. The summed E-state index contributed by atoms with van der Waals surface area (Å²) >= 11 is 0. The highest BCUT2D eigenvalue weighted by Gasteiger charge is 2.20. The van der Waals surface area contributed by atoms with Crippen LogP contribution in [0.1, 0.15) is 112 Å². The van der Waals surface area contributed by atoms with E-state index in [0.717, 1.165) is 162 Å². The number of rotatable bonds is 0. The normalized spacial score (nSPS) is 17.9. The van der Waals surface area contributed by atoms with E-state index in [-0.39, 0.29) is 0 Å². The van der Waals surface area contributed by atoms with Crippen LogP contribution in [0.4, 0.5) is 0 Å². The fourth-order valence-corrected chi connectivity index (χ4v) is 14.7. The van der Waals surface area contributed by atoms with Gasteiger partial charge in [-0.1, -0.05) is 36.4 Å². The molecule has 580 valence electrons. The number of fused-ring (bicyclic) bond motifs is 10. The highest BCUT2D eigenvalue weighted by molar-refractivity contribution is 5.31. The summed E-state index contributed by atoms with van der Waals surface area (Å²) in [6, 6.07) is 23.4. The molecule has 110 heavy (non-hydrogen) atoms. The maximum absolute atomic E-state index is 4.33. The van der Waals surface area contributed by atoms with E-state index in [0.29, 0.717) is 0 Å². The summed E-state index contributed by atoms with van der Waals surface area (Å²) < 4.78 is 0. The van der Waals surface area contributed by atoms with Gasteiger partial charge in [0.25, 0.3) is 0 Å². The van der Waals surface area contributed by atoms with Gasteiger partial charge in [0.2, 0.25) is 0 Å². The topological polar surface area (TPSA) is 213 Å². The van der Waals surface area contributed by atoms with Gasteiger partial charge < -0.3 is 49.0 Å². The molecule has 20 rings (SSSR count). The molecule has 10 aliphatic rings. The second kappa shape index (κ2) is 42.9. The first kappa shape index (κ1) is 81.8. The molecular formula is C86H116N24. The van der Waals surface area contributed by atoms with Crippen LogP contribution in [0.15, 0.2) is 160 Å². The predicted molar refractivity (Wildman–Crippen MR) is 434 cm³/mol. The van der Waals surface area contributed by atoms with Gasteiger partial charge in [-0.15, -0.1) is 0 Å². The van der Waals surface area contributed by atoms with Crippen molar-refractivity contribution in [2.75, 3.05) is 136 Å². The van der Waals surface area contributed by atoms with Crippen LogP contribution in [0.2, 0.25) is 0 Å². The Bertz CT molecular complexity index is 3500. The third-order valence-electron chi connectivity index (χ3n) is 21.4. The smallest absolute Gasteiger partial charge is 0.115 e. The van der Waals surface area contributed by atoms with Crippen LogP contribution in [0.3, 0.4) is 0 Å². The van der Waals surface area contributed by atoms with Crippen molar-refractivity contribution >= 4 is 0 Å². The van der Waals surface area contributed by atoms with Crippen LogP contribution in [0.25, 0.3) is 0 Å². The quantitative estimate of drug-likeness (QED) is 0.140. The van der Waals surface area contributed by atoms with Crippen molar-refractivity contribution in [2.24, 2.45) is 0 Å². The highest BCUT2D eigenvalue weighted by atomic mass is 15.2. The molecule has 9 aromatic heterocycles. The Balaban J connectivity index is 0.000000121. The Morgan fingerprint density at radius 1 is 0.200 bits per heavy atom. The molecule has 0 spiro atoms. The number of pyridine rings is 4. The van der Waals surface area contributed by atoms with Crippen molar-refractivity contribution in [3.8, 4) is 0 Å². The molecule has 24 heteroatoms. The molecule has 1 aromatic carbocycles. The Morgan fingerprint density at radius 2 is 0.536 bits per heavy atom. The van der Waals surface area contributed by atoms with Crippen molar-refractivity contribution in [3.05, 3.63) is 272 Å². The van der Waals surface area contributed by atoms with Crippen molar-refractivity contribution in [1.82, 2.24) is 119 Å². The molecule has 0 atom stereocenters. The second-order valence-corrected chi connectivity index (χ2v) is 30.6. The van der Waals surface area contributed by atoms with E-state index in [1.165, 1.54) is 146 Å². The number of likely N-dealkylation sites (N-methyl/N-ethyl adjacent to an activating group) is 10. The van der Waals surface area contributed by atoms with Gasteiger partial charge in [-0.2, -0.15) is 20.4 Å². The van der Waals surface area contributed by atoms with E-state index in [1.54, 1.807) is 31.2 Å². The van der Waals surface area contributed by atoms with Gasteiger partial charge in [-0.25, -0.2) is 19.9 Å². The largest absolute Gasteiger partial charge is 0.302 e. The fourth-order valence-electron chi connectivity index (χ4n) is 14.7. The number of benzene rings is 1. The minimum atomic E-state index is 0.948. The molecule has 10 aromatic rings. The third-order valence-corrected chi connectivity index (χ3v) is 21.4. The van der Waals surface area contributed by atoms with Gasteiger partial charge in [0.1, 0.15) is 12.7 Å². The van der Waals surface area contributed by atoms with Gasteiger partial charge in [0.05, 0.1) is 40.9 Å². The lowest BCUT2D eigenvalue weighted by atomic mass is 10.0. The zero-order valence-corrected chi connectivity index (χ0v) is 67.0. The van der Waals surface area contributed by atoms with E-state index < -0.39 is 0 Å². The first-order chi connectivity index (χ1) is 53.6. The molecule has 0 N–H and O–H groups in total. The minimum Gasteiger partial charge on any atom is -0.302 e. The van der Waals surface area contributed by atoms with Crippen LogP contribution in [-0.4, -0.2) is 255 Å². The molecule has 24 nitrogen and oxygen atoms in total. The summed E-state index contributed by atoms with van der Waals surface area (Å²) in [6.07, 6.45) is 38.7. The first-order valence-corrected chi connectivity index (χ1v) is 39.1. The summed E-state index contributed by atoms with van der Waals surface area (Å²) in [6.45, 7) is 21.7. The Kier molecular flexibility index (Phi) is 31.9. The highest BCUT2D eigenvalue weighted by Crippen LogP contribution is 2.22. The summed E-state index contributed by atoms with van der Waals surface area (Å²) in [5.41, 5.74) is 26.6. The Morgan fingerprint density at radius 3 is 1.15 bits per heavy atom. The monoisotopic (exact) mass is 1480 g/mol. The molecule has 0 amide bonds. The van der Waals surface area contributed by atoms with Gasteiger partial charge in [0.15, 0.2) is 0 Å². The van der Waals surface area contributed by atoms with Crippen molar-refractivity contribution in [3.63, 3.8) is 0 Å². The molecule has 19 heterocycles. The van der Waals surface area contributed by atoms with Gasteiger partial charge >= 0.3 is 0 Å². The summed E-state index contributed by atoms with van der Waals surface area (Å²) in [7, 11) is 21.4. The van der Waals surface area contributed by atoms with E-state index >= 15 is 0 Å². The minimum absolute atomic E-state index is 0.948. The lowest BCUT2D eigenvalue weighted by Gasteiger charge is -2.24. The summed E-state index contributed by atoms with van der Waals surface area (Å²) in [5.74, 6) is 0. The SMILES string of the molecule is CN1CCc2ccccc2C1.CN1CCc2cccnc2C1.CN1CCc2ccncc2C1.CN1CCc2cnccc2C1.CN1CCc2cncnc2C1.CN1CCc2cnncc2C1.CN1CCc2ncccc2C1.CN1CCc2nccnc2C1.CN1CCc2ncncc2C1.CN1CCc2nnccc2C1. The van der Waals surface area contributed by atoms with Gasteiger partial charge in [-0.05, 0) is 206 Å². The van der Waals surface area contributed by atoms with E-state index in [9.17, 15) is 0 Å². The molecule has 0 radical (unpaired) electrons. The van der Waals surface area contributed by atoms with Gasteiger partial charge in [-0.3, -0.25) is 29.9 Å². The molecular weight excluding hydrogens is 1370 g/mol. The van der Waals surface area contributed by atoms with Crippen LogP contribution in [0, 0.1) is 0 Å². The number of hydrogen-bond acceptors (Lipinski definition) is 24. The zero-order chi connectivity index (χ0) is 76.8. The van der Waals surface area contributed by atoms with E-state index in [4.69, 9.17) is 0 Å². The summed E-state index contributed by atoms with van der Waals surface area (Å²) in [5, 5.41) is 15.6. The fraction of sp³-hybridized carbons (Fsp3) is 0.465. The standard InChI is InChI=1S/C10H13N.4C9H12N2.5C8H11N3/c1-11-7-6-9-4-2-3-5-10(9)8-11;1-11-5-3-8-6-10-4-2-9(8)7-11;1-11-5-3-8-2-4-10-6-9(8)7-11;1-11-6-4-9-8(7-11)3-2-5-10-9;1-11-6-4-8-3-2-5-10-9(8)7-11;1-11-5-2-7-8(6-11)10-4-3-9-7;1-11-5-3-8-7(6-11)2-4-9-10-8;1-11-3-2-8-7(5-11)4-9-6-10-8;1-11-3-2-7-4-9-6-10-8(7)5-11;1-11-3-2-7-4-9-10-5-8(7)6-11/h2-5H,6-8H2,1H3;2*2,4,6H,3,5,7H2,1H3;2*2-3,5H,4,6-7H2,1H3;3-4H,2,5-6H2,1H3;2,4H,3,5-6H2,1H3;2*4,6H,2-3,5H2,1H3;4-5H,2-3,6H2,1H3. The van der Waals surface area contributed by atoms with E-state index in [2.05, 4.69) is 244 Å². The van der Waals surface area contributed by atoms with E-state index in [1.807, 2.05) is 74.1 Å². The molecule has 0 aliphatic carbocycles. The average Bonchev–Trinajstić information content (AvgIpc) is 0.949. The summed E-state index contributed by atoms with van der Waals surface area (Å²) in [4.78, 5) is 64.9. The number of nitrogens with zero attached hydrogens (tertiary/aromatic N) is 24. The molecule has 0 unspecified atom stereocenters. The second-order valence-electron chi connectivity index (χ2n) is 30.6. The van der Waals surface area contributed by atoms with Crippen LogP contribution in [-0.2, 0) is 130 Å². The number of hydrogen-bond donors (Lipinski definition) is 0.